The molecule has 43 heavy (non-hydrogen) atoms. The van der Waals surface area contributed by atoms with Gasteiger partial charge < -0.3 is 16.0 Å². The molecule has 0 saturated heterocycles. The number of pyridine rings is 1. The van der Waals surface area contributed by atoms with E-state index in [0.29, 0.717) is 28.9 Å². The standard InChI is InChI=1S/C29H15ClF4N6O3/c30-20-3-2-14(31)7-16(20)25-23-17(26(41)38-25)5-13(12-1-4-22-35-11-36-40(22)10-12)6-21(23)37-27(42)18-8-15(32)9-19-24(18)39-28(43)29(19,33)34/h1-11,25H,(H,37,42)(H,38,41)(H,39,43)/t25-/m1/s1. The van der Waals surface area contributed by atoms with Crippen LogP contribution < -0.4 is 16.0 Å². The molecule has 2 aliphatic heterocycles. The Morgan fingerprint density at radius 1 is 1.00 bits per heavy atom. The number of benzene rings is 3. The van der Waals surface area contributed by atoms with Crippen LogP contribution in [0.5, 0.6) is 0 Å². The van der Waals surface area contributed by atoms with Crippen LogP contribution in [0, 0.1) is 11.6 Å². The van der Waals surface area contributed by atoms with Crippen LogP contribution in [0.2, 0.25) is 5.02 Å². The van der Waals surface area contributed by atoms with Gasteiger partial charge in [0.15, 0.2) is 5.65 Å². The van der Waals surface area contributed by atoms with E-state index in [1.807, 2.05) is 5.32 Å². The van der Waals surface area contributed by atoms with E-state index in [0.717, 1.165) is 12.1 Å². The number of nitrogens with one attached hydrogen (secondary N) is 3. The van der Waals surface area contributed by atoms with Gasteiger partial charge in [0.25, 0.3) is 17.7 Å². The predicted molar refractivity (Wildman–Crippen MR) is 146 cm³/mol. The first-order chi connectivity index (χ1) is 20.5. The van der Waals surface area contributed by atoms with Crippen LogP contribution in [0.25, 0.3) is 16.8 Å². The number of carbonyl (C=O) groups is 3. The molecule has 0 radical (unpaired) electrons. The number of hydrogen-bond acceptors (Lipinski definition) is 5. The first kappa shape index (κ1) is 26.6. The molecule has 0 saturated carbocycles. The Labute approximate surface area is 243 Å². The van der Waals surface area contributed by atoms with Crippen molar-refractivity contribution >= 4 is 46.3 Å². The summed E-state index contributed by atoms with van der Waals surface area (Å²) < 4.78 is 59.1. The second-order valence-electron chi connectivity index (χ2n) is 9.90. The quantitative estimate of drug-likeness (QED) is 0.235. The maximum Gasteiger partial charge on any atom is 0.352 e. The second kappa shape index (κ2) is 9.36. The van der Waals surface area contributed by atoms with Gasteiger partial charge in [-0.25, -0.2) is 18.3 Å². The largest absolute Gasteiger partial charge is 0.352 e. The highest BCUT2D eigenvalue weighted by molar-refractivity contribution is 6.31. The number of hydrogen-bond donors (Lipinski definition) is 3. The molecule has 9 nitrogen and oxygen atoms in total. The average Bonchev–Trinajstić information content (AvgIpc) is 3.64. The van der Waals surface area contributed by atoms with Crippen LogP contribution in [0.1, 0.15) is 43.4 Å². The van der Waals surface area contributed by atoms with Crippen molar-refractivity contribution in [1.29, 1.82) is 0 Å². The highest BCUT2D eigenvalue weighted by Gasteiger charge is 2.50. The summed E-state index contributed by atoms with van der Waals surface area (Å²) in [5.41, 5.74) is -0.00117. The first-order valence-electron chi connectivity index (χ1n) is 12.6. The van der Waals surface area contributed by atoms with Crippen molar-refractivity contribution in [3.05, 3.63) is 112 Å². The summed E-state index contributed by atoms with van der Waals surface area (Å²) >= 11 is 6.36. The molecule has 0 spiro atoms. The van der Waals surface area contributed by atoms with Gasteiger partial charge in [0.2, 0.25) is 0 Å². The summed E-state index contributed by atoms with van der Waals surface area (Å²) in [7, 11) is 0. The Kier molecular flexibility index (Phi) is 5.79. The molecule has 1 atom stereocenters. The van der Waals surface area contributed by atoms with Crippen LogP contribution in [-0.2, 0) is 10.7 Å². The number of aromatic nitrogens is 3. The molecule has 2 aliphatic rings. The molecule has 14 heteroatoms. The minimum atomic E-state index is -4.05. The van der Waals surface area contributed by atoms with Crippen molar-refractivity contribution in [3.63, 3.8) is 0 Å². The van der Waals surface area contributed by atoms with Gasteiger partial charge in [-0.05, 0) is 60.2 Å². The molecule has 3 aromatic carbocycles. The molecular weight excluding hydrogens is 592 g/mol. The summed E-state index contributed by atoms with van der Waals surface area (Å²) in [6.45, 7) is 0. The fourth-order valence-corrected chi connectivity index (χ4v) is 5.56. The minimum Gasteiger partial charge on any atom is -0.341 e. The lowest BCUT2D eigenvalue weighted by Gasteiger charge is -2.19. The SMILES string of the molecule is O=C(Nc1cc(-c2ccc3ncnn3c2)cc2c1[C@@H](c1cc(F)ccc1Cl)NC2=O)c1cc(F)cc2c1NC(=O)C2(F)F. The number of nitrogens with zero attached hydrogens (tertiary/aromatic N) is 3. The third-order valence-electron chi connectivity index (χ3n) is 7.32. The zero-order valence-corrected chi connectivity index (χ0v) is 22.1. The molecule has 0 unspecified atom stereocenters. The second-order valence-corrected chi connectivity index (χ2v) is 10.3. The van der Waals surface area contributed by atoms with Gasteiger partial charge >= 0.3 is 5.92 Å². The van der Waals surface area contributed by atoms with Crippen LogP contribution in [0.4, 0.5) is 28.9 Å². The molecular formula is C29H15ClF4N6O3. The van der Waals surface area contributed by atoms with E-state index in [1.54, 1.807) is 24.4 Å². The molecule has 3 amide bonds. The molecule has 2 aromatic heterocycles. The summed E-state index contributed by atoms with van der Waals surface area (Å²) in [6, 6.07) is 10.2. The first-order valence-corrected chi connectivity index (χ1v) is 13.0. The Morgan fingerprint density at radius 3 is 2.63 bits per heavy atom. The lowest BCUT2D eigenvalue weighted by molar-refractivity contribution is -0.139. The third-order valence-corrected chi connectivity index (χ3v) is 7.67. The Bertz CT molecular complexity index is 2060. The van der Waals surface area contributed by atoms with Gasteiger partial charge in [0.05, 0.1) is 22.9 Å². The maximum atomic E-state index is 14.4. The van der Waals surface area contributed by atoms with Gasteiger partial charge in [0.1, 0.15) is 18.0 Å². The van der Waals surface area contributed by atoms with E-state index in [1.165, 1.54) is 23.0 Å². The van der Waals surface area contributed by atoms with Gasteiger partial charge in [-0.3, -0.25) is 14.4 Å². The summed E-state index contributed by atoms with van der Waals surface area (Å²) in [6.07, 6.45) is 2.99. The number of anilines is 2. The Hall–Kier alpha value is -5.30. The summed E-state index contributed by atoms with van der Waals surface area (Å²) in [5, 5.41) is 11.5. The molecule has 4 heterocycles. The van der Waals surface area contributed by atoms with Crippen LogP contribution >= 0.6 is 11.6 Å². The van der Waals surface area contributed by atoms with Gasteiger partial charge in [-0.1, -0.05) is 11.6 Å². The van der Waals surface area contributed by atoms with Gasteiger partial charge in [-0.2, -0.15) is 13.9 Å². The highest BCUT2D eigenvalue weighted by Crippen LogP contribution is 2.44. The number of carbonyl (C=O) groups excluding carboxylic acids is 3. The van der Waals surface area contributed by atoms with Crippen molar-refractivity contribution in [2.45, 2.75) is 12.0 Å². The van der Waals surface area contributed by atoms with Crippen LogP contribution in [-0.4, -0.2) is 32.3 Å². The van der Waals surface area contributed by atoms with Crippen molar-refractivity contribution in [3.8, 4) is 11.1 Å². The molecule has 7 rings (SSSR count). The van der Waals surface area contributed by atoms with Crippen molar-refractivity contribution in [1.82, 2.24) is 19.9 Å². The van der Waals surface area contributed by atoms with E-state index >= 15 is 0 Å². The number of rotatable bonds is 4. The fraction of sp³-hybridized carbons (Fsp3) is 0.0690. The summed E-state index contributed by atoms with van der Waals surface area (Å²) in [5.74, 6) is -9.16. The Balaban J connectivity index is 1.40. The molecule has 0 aliphatic carbocycles. The van der Waals surface area contributed by atoms with Crippen molar-refractivity contribution in [2.24, 2.45) is 0 Å². The predicted octanol–water partition coefficient (Wildman–Crippen LogP) is 5.46. The number of alkyl halides is 2. The van der Waals surface area contributed by atoms with E-state index in [2.05, 4.69) is 20.7 Å². The number of fused-ring (bicyclic) bond motifs is 3. The number of amides is 3. The zero-order chi connectivity index (χ0) is 30.2. The summed E-state index contributed by atoms with van der Waals surface area (Å²) in [4.78, 5) is 42.8. The molecule has 0 fully saturated rings. The minimum absolute atomic E-state index is 0.0222. The van der Waals surface area contributed by atoms with E-state index in [4.69, 9.17) is 11.6 Å². The van der Waals surface area contributed by atoms with E-state index < -0.39 is 58.1 Å². The topological polar surface area (TPSA) is 117 Å². The Morgan fingerprint density at radius 2 is 1.81 bits per heavy atom. The van der Waals surface area contributed by atoms with Gasteiger partial charge in [0, 0.05) is 39.2 Å². The average molecular weight is 607 g/mol. The maximum absolute atomic E-state index is 14.4. The van der Waals surface area contributed by atoms with Crippen molar-refractivity contribution < 1.29 is 31.9 Å². The normalized spacial score (nSPS) is 16.5. The van der Waals surface area contributed by atoms with Crippen LogP contribution in [0.3, 0.4) is 0 Å². The third kappa shape index (κ3) is 4.19. The van der Waals surface area contributed by atoms with E-state index in [9.17, 15) is 31.9 Å². The lowest BCUT2D eigenvalue weighted by Crippen LogP contribution is -2.23. The molecule has 214 valence electrons. The molecule has 5 aromatic rings. The van der Waals surface area contributed by atoms with Gasteiger partial charge in [-0.15, -0.1) is 0 Å². The van der Waals surface area contributed by atoms with E-state index in [-0.39, 0.29) is 27.4 Å². The molecule has 0 bridgehead atoms. The fourth-order valence-electron chi connectivity index (χ4n) is 5.33. The highest BCUT2D eigenvalue weighted by atomic mass is 35.5. The smallest absolute Gasteiger partial charge is 0.341 e. The number of halogens is 5. The molecule has 3 N–H and O–H groups in total. The van der Waals surface area contributed by atoms with Crippen LogP contribution in [0.15, 0.2) is 67.1 Å². The van der Waals surface area contributed by atoms with Crippen molar-refractivity contribution in [2.75, 3.05) is 10.6 Å². The lowest BCUT2D eigenvalue weighted by atomic mass is 9.93. The zero-order valence-electron chi connectivity index (χ0n) is 21.4. The monoisotopic (exact) mass is 606 g/mol.